The molecule has 40 heavy (non-hydrogen) atoms. The van der Waals surface area contributed by atoms with Crippen LogP contribution in [0.3, 0.4) is 0 Å². The van der Waals surface area contributed by atoms with Crippen LogP contribution in [0.2, 0.25) is 0 Å². The van der Waals surface area contributed by atoms with Gasteiger partial charge in [-0.3, -0.25) is 4.98 Å². The zero-order valence-electron chi connectivity index (χ0n) is 22.2. The molecule has 0 bridgehead atoms. The van der Waals surface area contributed by atoms with E-state index in [-0.39, 0.29) is 23.3 Å². The van der Waals surface area contributed by atoms with E-state index in [4.69, 9.17) is 18.9 Å². The van der Waals surface area contributed by atoms with Gasteiger partial charge in [-0.05, 0) is 32.0 Å². The molecule has 4 atom stereocenters. The summed E-state index contributed by atoms with van der Waals surface area (Å²) in [6.45, 7) is 3.53. The van der Waals surface area contributed by atoms with Gasteiger partial charge in [0.05, 0.1) is 22.8 Å². The number of aliphatic imine (C=N–C) groups is 1. The van der Waals surface area contributed by atoms with Crippen molar-refractivity contribution in [1.29, 1.82) is 0 Å². The molecule has 4 aromatic rings. The van der Waals surface area contributed by atoms with Crippen molar-refractivity contribution >= 4 is 34.1 Å². The lowest BCUT2D eigenvalue weighted by atomic mass is 10.1. The number of nitrogens with zero attached hydrogens (tertiary/aromatic N) is 6. The summed E-state index contributed by atoms with van der Waals surface area (Å²) in [7, 11) is 3.72. The summed E-state index contributed by atoms with van der Waals surface area (Å²) in [4.78, 5) is 19.0. The fourth-order valence-corrected chi connectivity index (χ4v) is 5.11. The molecule has 2 fully saturated rings. The van der Waals surface area contributed by atoms with Gasteiger partial charge in [-0.15, -0.1) is 0 Å². The van der Waals surface area contributed by atoms with Crippen LogP contribution < -0.4 is 4.74 Å². The lowest BCUT2D eigenvalue weighted by molar-refractivity contribution is -0.198. The van der Waals surface area contributed by atoms with E-state index < -0.39 is 42.1 Å². The first kappa shape index (κ1) is 26.4. The number of rotatable bonds is 6. The third-order valence-electron chi connectivity index (χ3n) is 6.71. The molecular weight excluding hydrogens is 529 g/mol. The van der Waals surface area contributed by atoms with E-state index in [1.165, 1.54) is 30.7 Å². The highest BCUT2D eigenvalue weighted by molar-refractivity contribution is 5.87. The average molecular weight is 557 g/mol. The largest absolute Gasteiger partial charge is 0.491 e. The van der Waals surface area contributed by atoms with Crippen LogP contribution >= 0.6 is 0 Å². The molecule has 0 aliphatic carbocycles. The summed E-state index contributed by atoms with van der Waals surface area (Å²) in [6.07, 6.45) is -0.571. The van der Waals surface area contributed by atoms with Gasteiger partial charge in [0.15, 0.2) is 17.8 Å². The molecule has 13 heteroatoms. The fourth-order valence-electron chi connectivity index (χ4n) is 5.11. The summed E-state index contributed by atoms with van der Waals surface area (Å²) >= 11 is 0. The molecule has 0 saturated carbocycles. The quantitative estimate of drug-likeness (QED) is 0.249. The van der Waals surface area contributed by atoms with E-state index >= 15 is 0 Å². The summed E-state index contributed by atoms with van der Waals surface area (Å²) in [5, 5.41) is 0.728. The van der Waals surface area contributed by atoms with Gasteiger partial charge in [-0.2, -0.15) is 13.2 Å². The van der Waals surface area contributed by atoms with Crippen LogP contribution in [0.4, 0.5) is 19.0 Å². The number of aromatic nitrogens is 4. The molecule has 0 spiro atoms. The van der Waals surface area contributed by atoms with E-state index in [1.54, 1.807) is 25.1 Å². The molecule has 0 amide bonds. The topological polar surface area (TPSA) is 96.1 Å². The van der Waals surface area contributed by atoms with Crippen LogP contribution in [-0.2, 0) is 20.4 Å². The molecule has 3 aromatic heterocycles. The maximum atomic E-state index is 13.8. The van der Waals surface area contributed by atoms with Gasteiger partial charge >= 0.3 is 6.18 Å². The molecule has 2 aliphatic rings. The molecule has 5 heterocycles. The summed E-state index contributed by atoms with van der Waals surface area (Å²) in [5.74, 6) is -0.366. The van der Waals surface area contributed by atoms with Crippen molar-refractivity contribution in [3.8, 4) is 5.75 Å². The Balaban J connectivity index is 1.29. The Morgan fingerprint density at radius 2 is 1.90 bits per heavy atom. The van der Waals surface area contributed by atoms with Crippen molar-refractivity contribution in [3.05, 3.63) is 54.6 Å². The first-order valence-electron chi connectivity index (χ1n) is 12.6. The zero-order valence-corrected chi connectivity index (χ0v) is 22.2. The third kappa shape index (κ3) is 4.84. The Kier molecular flexibility index (Phi) is 6.39. The van der Waals surface area contributed by atoms with Gasteiger partial charge in [0, 0.05) is 37.9 Å². The van der Waals surface area contributed by atoms with Gasteiger partial charge in [0.25, 0.3) is 0 Å². The number of hydrogen-bond donors (Lipinski definition) is 0. The smallest absolute Gasteiger partial charge is 0.417 e. The van der Waals surface area contributed by atoms with Crippen LogP contribution in [0.5, 0.6) is 5.75 Å². The number of pyridine rings is 1. The minimum absolute atomic E-state index is 0.00429. The number of benzene rings is 1. The van der Waals surface area contributed by atoms with E-state index in [2.05, 4.69) is 19.9 Å². The van der Waals surface area contributed by atoms with E-state index in [9.17, 15) is 13.2 Å². The Hall–Kier alpha value is -3.81. The van der Waals surface area contributed by atoms with Crippen molar-refractivity contribution in [3.63, 3.8) is 0 Å². The van der Waals surface area contributed by atoms with Gasteiger partial charge in [-0.25, -0.2) is 15.0 Å². The predicted octanol–water partition coefficient (Wildman–Crippen LogP) is 4.72. The van der Waals surface area contributed by atoms with Gasteiger partial charge in [0.2, 0.25) is 0 Å². The second-order valence-corrected chi connectivity index (χ2v) is 10.3. The number of hydrogen-bond acceptors (Lipinski definition) is 8. The van der Waals surface area contributed by atoms with E-state index in [1.807, 2.05) is 30.9 Å². The summed E-state index contributed by atoms with van der Waals surface area (Å²) < 4.78 is 67.8. The molecule has 210 valence electrons. The summed E-state index contributed by atoms with van der Waals surface area (Å²) in [5.41, 5.74) is -0.0396. The molecule has 0 N–H and O–H groups in total. The summed E-state index contributed by atoms with van der Waals surface area (Å²) in [6, 6.07) is 7.17. The molecule has 0 radical (unpaired) electrons. The van der Waals surface area contributed by atoms with Gasteiger partial charge in [0.1, 0.15) is 42.6 Å². The zero-order chi connectivity index (χ0) is 28.2. The van der Waals surface area contributed by atoms with Crippen LogP contribution in [0.15, 0.2) is 54.0 Å². The predicted molar refractivity (Wildman–Crippen MR) is 139 cm³/mol. The molecule has 0 unspecified atom stereocenters. The number of halogens is 3. The van der Waals surface area contributed by atoms with Crippen molar-refractivity contribution in [2.24, 2.45) is 4.99 Å². The van der Waals surface area contributed by atoms with Gasteiger partial charge in [-0.1, -0.05) is 6.07 Å². The molecule has 10 nitrogen and oxygen atoms in total. The first-order chi connectivity index (χ1) is 19.0. The fraction of sp³-hybridized carbons (Fsp3) is 0.407. The van der Waals surface area contributed by atoms with E-state index in [0.29, 0.717) is 11.5 Å². The SMILES string of the molecule is CN(C)C=Nc1ncnc2c1ccn2[C@@H]1O[C@H](COc2cc(C(F)(F)F)c3cccnc3c2)[C@H]2OC(C)(C)O[C@H]21. The monoisotopic (exact) mass is 556 g/mol. The first-order valence-corrected chi connectivity index (χ1v) is 12.6. The number of ether oxygens (including phenoxy) is 4. The highest BCUT2D eigenvalue weighted by Gasteiger charge is 2.56. The minimum atomic E-state index is -4.57. The lowest BCUT2D eigenvalue weighted by Gasteiger charge is -2.25. The van der Waals surface area contributed by atoms with Crippen molar-refractivity contribution in [1.82, 2.24) is 24.4 Å². The normalized spacial score (nSPS) is 24.3. The van der Waals surface area contributed by atoms with Crippen molar-refractivity contribution < 1.29 is 32.1 Å². The molecule has 2 saturated heterocycles. The Morgan fingerprint density at radius 3 is 2.67 bits per heavy atom. The minimum Gasteiger partial charge on any atom is -0.491 e. The Bertz CT molecular complexity index is 1590. The molecule has 6 rings (SSSR count). The molecular formula is C27H27F3N6O4. The highest BCUT2D eigenvalue weighted by atomic mass is 19.4. The second-order valence-electron chi connectivity index (χ2n) is 10.3. The maximum Gasteiger partial charge on any atom is 0.417 e. The van der Waals surface area contributed by atoms with Crippen LogP contribution in [0.1, 0.15) is 25.6 Å². The van der Waals surface area contributed by atoms with Crippen LogP contribution in [0.25, 0.3) is 21.9 Å². The second kappa shape index (κ2) is 9.68. The third-order valence-corrected chi connectivity index (χ3v) is 6.71. The Labute approximate surface area is 227 Å². The standard InChI is InChI=1S/C27H27F3N6O4/c1-26(2)39-21-20(12-37-15-10-18(27(28,29)30)16-6-5-8-31-19(16)11-15)38-25(22(21)40-26)36-9-7-17-23(34-14-35(3)4)32-13-33-24(17)36/h5-11,13-14,20-22,25H,12H2,1-4H3/t20-,21-,22-,25-/m1/s1. The maximum absolute atomic E-state index is 13.8. The van der Waals surface area contributed by atoms with Crippen molar-refractivity contribution in [2.45, 2.75) is 50.4 Å². The van der Waals surface area contributed by atoms with Gasteiger partial charge < -0.3 is 28.4 Å². The number of fused-ring (bicyclic) bond motifs is 3. The lowest BCUT2D eigenvalue weighted by Crippen LogP contribution is -2.34. The number of alkyl halides is 3. The average Bonchev–Trinajstić information content (AvgIpc) is 3.56. The van der Waals surface area contributed by atoms with Crippen LogP contribution in [0, 0.1) is 0 Å². The molecule has 1 aromatic carbocycles. The van der Waals surface area contributed by atoms with Crippen molar-refractivity contribution in [2.75, 3.05) is 20.7 Å². The van der Waals surface area contributed by atoms with Crippen LogP contribution in [-0.4, -0.2) is 75.6 Å². The van der Waals surface area contributed by atoms with E-state index in [0.717, 1.165) is 11.5 Å². The molecule has 2 aliphatic heterocycles. The highest BCUT2D eigenvalue weighted by Crippen LogP contribution is 2.45. The Morgan fingerprint density at radius 1 is 1.10 bits per heavy atom.